The van der Waals surface area contributed by atoms with Crippen LogP contribution in [0.1, 0.15) is 32.6 Å². The standard InChI is InChI=1S/C18H24N2O5/c1-2-25-15-8-6-14(7-9-15)20-16(21)11-19-17(22)12-4-3-5-13(10-12)18(23)24/h6-9,12-13H,2-5,10-11H2,1H3,(H,19,22)(H,20,21)(H,23,24). The zero-order valence-electron chi connectivity index (χ0n) is 14.3. The number of rotatable bonds is 7. The molecule has 2 amide bonds. The summed E-state index contributed by atoms with van der Waals surface area (Å²) in [7, 11) is 0. The highest BCUT2D eigenvalue weighted by molar-refractivity contribution is 5.94. The van der Waals surface area contributed by atoms with Gasteiger partial charge in [-0.3, -0.25) is 14.4 Å². The van der Waals surface area contributed by atoms with Crippen LogP contribution < -0.4 is 15.4 Å². The number of amides is 2. The van der Waals surface area contributed by atoms with Crippen molar-refractivity contribution in [3.05, 3.63) is 24.3 Å². The fraction of sp³-hybridized carbons (Fsp3) is 0.500. The molecule has 2 rings (SSSR count). The molecular weight excluding hydrogens is 324 g/mol. The van der Waals surface area contributed by atoms with E-state index in [1.165, 1.54) is 0 Å². The molecule has 0 heterocycles. The van der Waals surface area contributed by atoms with Gasteiger partial charge in [0.25, 0.3) is 0 Å². The predicted octanol–water partition coefficient (Wildman–Crippen LogP) is 2.03. The third kappa shape index (κ3) is 5.77. The molecule has 1 aromatic carbocycles. The van der Waals surface area contributed by atoms with Crippen molar-refractivity contribution in [2.24, 2.45) is 11.8 Å². The molecule has 1 aromatic rings. The van der Waals surface area contributed by atoms with Crippen LogP contribution in [-0.2, 0) is 14.4 Å². The van der Waals surface area contributed by atoms with Gasteiger partial charge in [0.15, 0.2) is 0 Å². The predicted molar refractivity (Wildman–Crippen MR) is 92.3 cm³/mol. The summed E-state index contributed by atoms with van der Waals surface area (Å²) in [6.45, 7) is 2.32. The van der Waals surface area contributed by atoms with Crippen molar-refractivity contribution in [2.45, 2.75) is 32.6 Å². The Bertz CT molecular complexity index is 614. The number of benzene rings is 1. The molecule has 1 aliphatic rings. The number of nitrogens with one attached hydrogen (secondary N) is 2. The molecule has 1 fully saturated rings. The highest BCUT2D eigenvalue weighted by atomic mass is 16.5. The van der Waals surface area contributed by atoms with Gasteiger partial charge in [0.05, 0.1) is 19.1 Å². The summed E-state index contributed by atoms with van der Waals surface area (Å²) in [4.78, 5) is 35.1. The zero-order valence-corrected chi connectivity index (χ0v) is 14.3. The van der Waals surface area contributed by atoms with Gasteiger partial charge in [0.2, 0.25) is 11.8 Å². The van der Waals surface area contributed by atoms with E-state index in [1.807, 2.05) is 6.92 Å². The Morgan fingerprint density at radius 1 is 1.16 bits per heavy atom. The molecule has 0 aliphatic heterocycles. The van der Waals surface area contributed by atoms with Crippen molar-refractivity contribution in [3.63, 3.8) is 0 Å². The maximum absolute atomic E-state index is 12.1. The fourth-order valence-electron chi connectivity index (χ4n) is 2.97. The minimum atomic E-state index is -0.856. The number of aliphatic carboxylic acids is 1. The number of anilines is 1. The summed E-state index contributed by atoms with van der Waals surface area (Å²) in [5.74, 6) is -1.53. The molecule has 25 heavy (non-hydrogen) atoms. The molecular formula is C18H24N2O5. The number of carbonyl (C=O) groups is 3. The Morgan fingerprint density at radius 3 is 2.48 bits per heavy atom. The van der Waals surface area contributed by atoms with Gasteiger partial charge in [0.1, 0.15) is 5.75 Å². The summed E-state index contributed by atoms with van der Waals surface area (Å²) >= 11 is 0. The topological polar surface area (TPSA) is 105 Å². The fourth-order valence-corrected chi connectivity index (χ4v) is 2.97. The second-order valence-corrected chi connectivity index (χ2v) is 6.12. The Hall–Kier alpha value is -2.57. The van der Waals surface area contributed by atoms with E-state index in [0.717, 1.165) is 5.75 Å². The molecule has 2 atom stereocenters. The molecule has 3 N–H and O–H groups in total. The molecule has 0 radical (unpaired) electrons. The average molecular weight is 348 g/mol. The number of hydrogen-bond acceptors (Lipinski definition) is 4. The molecule has 0 bridgehead atoms. The molecule has 2 unspecified atom stereocenters. The smallest absolute Gasteiger partial charge is 0.306 e. The molecule has 7 heteroatoms. The third-order valence-corrected chi connectivity index (χ3v) is 4.27. The highest BCUT2D eigenvalue weighted by Crippen LogP contribution is 2.29. The van der Waals surface area contributed by atoms with E-state index in [4.69, 9.17) is 9.84 Å². The van der Waals surface area contributed by atoms with Crippen molar-refractivity contribution in [3.8, 4) is 5.75 Å². The van der Waals surface area contributed by atoms with Gasteiger partial charge in [0, 0.05) is 11.6 Å². The second kappa shape index (κ2) is 9.05. The normalized spacial score (nSPS) is 19.7. The van der Waals surface area contributed by atoms with E-state index >= 15 is 0 Å². The minimum Gasteiger partial charge on any atom is -0.494 e. The average Bonchev–Trinajstić information content (AvgIpc) is 2.61. The molecule has 0 saturated heterocycles. The van der Waals surface area contributed by atoms with Crippen molar-refractivity contribution in [1.29, 1.82) is 0 Å². The van der Waals surface area contributed by atoms with E-state index in [1.54, 1.807) is 24.3 Å². The first-order valence-electron chi connectivity index (χ1n) is 8.52. The lowest BCUT2D eigenvalue weighted by Gasteiger charge is -2.25. The van der Waals surface area contributed by atoms with Crippen LogP contribution in [0.2, 0.25) is 0 Å². The zero-order chi connectivity index (χ0) is 18.2. The maximum atomic E-state index is 12.1. The number of ether oxygens (including phenoxy) is 1. The Morgan fingerprint density at radius 2 is 1.84 bits per heavy atom. The number of hydrogen-bond donors (Lipinski definition) is 3. The second-order valence-electron chi connectivity index (χ2n) is 6.12. The molecule has 7 nitrogen and oxygen atoms in total. The van der Waals surface area contributed by atoms with Gasteiger partial charge < -0.3 is 20.5 Å². The quantitative estimate of drug-likeness (QED) is 0.699. The van der Waals surface area contributed by atoms with Crippen LogP contribution in [-0.4, -0.2) is 36.0 Å². The molecule has 1 aliphatic carbocycles. The monoisotopic (exact) mass is 348 g/mol. The lowest BCUT2D eigenvalue weighted by atomic mass is 9.81. The Balaban J connectivity index is 1.77. The van der Waals surface area contributed by atoms with Gasteiger partial charge in [-0.1, -0.05) is 6.42 Å². The maximum Gasteiger partial charge on any atom is 0.306 e. The Labute approximate surface area is 146 Å². The number of carbonyl (C=O) groups excluding carboxylic acids is 2. The van der Waals surface area contributed by atoms with E-state index in [9.17, 15) is 14.4 Å². The van der Waals surface area contributed by atoms with E-state index in [2.05, 4.69) is 10.6 Å². The molecule has 1 saturated carbocycles. The van der Waals surface area contributed by atoms with Crippen LogP contribution in [0.3, 0.4) is 0 Å². The number of carboxylic acids is 1. The minimum absolute atomic E-state index is 0.139. The Kier molecular flexibility index (Phi) is 6.80. The first-order valence-corrected chi connectivity index (χ1v) is 8.52. The molecule has 136 valence electrons. The molecule has 0 aromatic heterocycles. The van der Waals surface area contributed by atoms with E-state index in [-0.39, 0.29) is 24.3 Å². The third-order valence-electron chi connectivity index (χ3n) is 4.27. The van der Waals surface area contributed by atoms with Crippen LogP contribution in [0.15, 0.2) is 24.3 Å². The first-order chi connectivity index (χ1) is 12.0. The van der Waals surface area contributed by atoms with Crippen LogP contribution in [0, 0.1) is 11.8 Å². The molecule has 0 spiro atoms. The van der Waals surface area contributed by atoms with Crippen molar-refractivity contribution < 1.29 is 24.2 Å². The highest BCUT2D eigenvalue weighted by Gasteiger charge is 2.31. The van der Waals surface area contributed by atoms with Crippen LogP contribution in [0.4, 0.5) is 5.69 Å². The summed E-state index contributed by atoms with van der Waals surface area (Å²) in [6.07, 6.45) is 2.32. The van der Waals surface area contributed by atoms with Gasteiger partial charge in [-0.25, -0.2) is 0 Å². The summed E-state index contributed by atoms with van der Waals surface area (Å²) < 4.78 is 5.33. The van der Waals surface area contributed by atoms with Gasteiger partial charge >= 0.3 is 5.97 Å². The van der Waals surface area contributed by atoms with Gasteiger partial charge in [-0.2, -0.15) is 0 Å². The first kappa shape index (κ1) is 18.8. The van der Waals surface area contributed by atoms with E-state index in [0.29, 0.717) is 38.0 Å². The van der Waals surface area contributed by atoms with Crippen molar-refractivity contribution in [1.82, 2.24) is 5.32 Å². The lowest BCUT2D eigenvalue weighted by molar-refractivity contribution is -0.144. The van der Waals surface area contributed by atoms with Crippen molar-refractivity contribution in [2.75, 3.05) is 18.5 Å². The summed E-state index contributed by atoms with van der Waals surface area (Å²) in [6, 6.07) is 6.96. The van der Waals surface area contributed by atoms with Crippen molar-refractivity contribution >= 4 is 23.5 Å². The SMILES string of the molecule is CCOc1ccc(NC(=O)CNC(=O)C2CCCC(C(=O)O)C2)cc1. The van der Waals surface area contributed by atoms with E-state index < -0.39 is 11.9 Å². The number of carboxylic acid groups (broad SMARTS) is 1. The lowest BCUT2D eigenvalue weighted by Crippen LogP contribution is -2.39. The summed E-state index contributed by atoms with van der Waals surface area (Å²) in [5, 5.41) is 14.4. The van der Waals surface area contributed by atoms with Gasteiger partial charge in [-0.15, -0.1) is 0 Å². The summed E-state index contributed by atoms with van der Waals surface area (Å²) in [5.41, 5.74) is 0.617. The van der Waals surface area contributed by atoms with Crippen LogP contribution in [0.25, 0.3) is 0 Å². The van der Waals surface area contributed by atoms with Gasteiger partial charge in [-0.05, 0) is 50.5 Å². The van der Waals surface area contributed by atoms with Crippen LogP contribution >= 0.6 is 0 Å². The largest absolute Gasteiger partial charge is 0.494 e. The van der Waals surface area contributed by atoms with Crippen LogP contribution in [0.5, 0.6) is 5.75 Å².